The van der Waals surface area contributed by atoms with Crippen LogP contribution in [0.4, 0.5) is 0 Å². The Kier molecular flexibility index (Phi) is 5.24. The summed E-state index contributed by atoms with van der Waals surface area (Å²) in [6.07, 6.45) is 0. The van der Waals surface area contributed by atoms with Gasteiger partial charge in [0.2, 0.25) is 5.55 Å². The predicted molar refractivity (Wildman–Crippen MR) is 124 cm³/mol. The number of rotatable bonds is 5. The van der Waals surface area contributed by atoms with Crippen molar-refractivity contribution in [1.29, 1.82) is 0 Å². The van der Waals surface area contributed by atoms with Gasteiger partial charge in [-0.1, -0.05) is 24.3 Å². The minimum atomic E-state index is -0.386. The number of imidazole rings is 1. The van der Waals surface area contributed by atoms with Gasteiger partial charge in [0.25, 0.3) is 5.91 Å². The molecule has 8 heteroatoms. The number of aromatic amines is 1. The van der Waals surface area contributed by atoms with E-state index in [9.17, 15) is 4.79 Å². The summed E-state index contributed by atoms with van der Waals surface area (Å²) in [5.74, 6) is 1.40. The molecule has 0 unspecified atom stereocenters. The number of ether oxygens (including phenoxy) is 2. The van der Waals surface area contributed by atoms with Gasteiger partial charge in [-0.15, -0.1) is 5.10 Å². The van der Waals surface area contributed by atoms with Gasteiger partial charge in [0, 0.05) is 10.9 Å². The van der Waals surface area contributed by atoms with Crippen molar-refractivity contribution in [3.05, 3.63) is 83.9 Å². The first-order valence-electron chi connectivity index (χ1n) is 10.2. The van der Waals surface area contributed by atoms with Crippen LogP contribution in [0.5, 0.6) is 11.5 Å². The van der Waals surface area contributed by atoms with Gasteiger partial charge < -0.3 is 18.9 Å². The average molecular weight is 440 g/mol. The third-order valence-electron chi connectivity index (χ3n) is 5.21. The summed E-state index contributed by atoms with van der Waals surface area (Å²) < 4.78 is 16.7. The Bertz CT molecular complexity index is 1500. The Morgan fingerprint density at radius 1 is 1.00 bits per heavy atom. The van der Waals surface area contributed by atoms with E-state index >= 15 is 0 Å². The second kappa shape index (κ2) is 8.51. The first kappa shape index (κ1) is 20.3. The van der Waals surface area contributed by atoms with Crippen LogP contribution < -0.4 is 20.5 Å². The lowest BCUT2D eigenvalue weighted by Crippen LogP contribution is -2.22. The number of nitrogens with one attached hydrogen (secondary N) is 2. The van der Waals surface area contributed by atoms with Crippen molar-refractivity contribution >= 4 is 27.9 Å². The molecule has 0 saturated carbocycles. The summed E-state index contributed by atoms with van der Waals surface area (Å²) in [7, 11) is 3.14. The molecule has 2 heterocycles. The fraction of sp³-hybridized carbons (Fsp3) is 0.0800. The van der Waals surface area contributed by atoms with Gasteiger partial charge in [0.05, 0.1) is 30.8 Å². The Labute approximate surface area is 188 Å². The maximum atomic E-state index is 12.7. The quantitative estimate of drug-likeness (QED) is 0.398. The second-order valence-corrected chi connectivity index (χ2v) is 7.23. The zero-order valence-electron chi connectivity index (χ0n) is 18.0. The van der Waals surface area contributed by atoms with Crippen molar-refractivity contribution in [2.75, 3.05) is 14.2 Å². The third-order valence-corrected chi connectivity index (χ3v) is 5.21. The fourth-order valence-electron chi connectivity index (χ4n) is 3.53. The van der Waals surface area contributed by atoms with Crippen LogP contribution in [0.2, 0.25) is 0 Å². The molecule has 0 aliphatic rings. The Morgan fingerprint density at radius 3 is 2.58 bits per heavy atom. The molecule has 5 rings (SSSR count). The molecular formula is C25H20N4O4. The average Bonchev–Trinajstić information content (AvgIpc) is 3.30. The van der Waals surface area contributed by atoms with Gasteiger partial charge in [-0.3, -0.25) is 4.79 Å². The normalized spacial score (nSPS) is 11.6. The van der Waals surface area contributed by atoms with Gasteiger partial charge in [0.15, 0.2) is 11.3 Å². The molecule has 5 aromatic rings. The number of hydrogen-bond donors (Lipinski definition) is 2. The number of H-pyrrole nitrogens is 1. The van der Waals surface area contributed by atoms with E-state index in [-0.39, 0.29) is 11.5 Å². The minimum Gasteiger partial charge on any atom is -0.497 e. The maximum Gasteiger partial charge on any atom is 0.271 e. The third kappa shape index (κ3) is 3.89. The van der Waals surface area contributed by atoms with Crippen molar-refractivity contribution in [1.82, 2.24) is 15.4 Å². The van der Waals surface area contributed by atoms with Crippen LogP contribution in [0.15, 0.2) is 82.3 Å². The lowest BCUT2D eigenvalue weighted by Gasteiger charge is -2.07. The largest absolute Gasteiger partial charge is 0.497 e. The van der Waals surface area contributed by atoms with E-state index in [4.69, 9.17) is 13.9 Å². The van der Waals surface area contributed by atoms with Gasteiger partial charge in [-0.2, -0.15) is 0 Å². The van der Waals surface area contributed by atoms with Gasteiger partial charge in [-0.05, 0) is 48.5 Å². The molecule has 0 spiro atoms. The summed E-state index contributed by atoms with van der Waals surface area (Å²) in [4.78, 5) is 20.6. The lowest BCUT2D eigenvalue weighted by molar-refractivity contribution is 0.0951. The smallest absolute Gasteiger partial charge is 0.271 e. The van der Waals surface area contributed by atoms with Gasteiger partial charge in [-0.25, -0.2) is 10.4 Å². The molecule has 164 valence electrons. The first-order valence-corrected chi connectivity index (χ1v) is 10.2. The van der Waals surface area contributed by atoms with E-state index in [0.717, 1.165) is 16.4 Å². The van der Waals surface area contributed by atoms with E-state index in [0.29, 0.717) is 34.0 Å². The fourth-order valence-corrected chi connectivity index (χ4v) is 3.53. The molecule has 0 aliphatic heterocycles. The molecule has 1 amide bonds. The highest BCUT2D eigenvalue weighted by Gasteiger charge is 2.14. The number of benzene rings is 3. The SMILES string of the molecule is COc1ccc(C(=O)NN=c2oc3c(OC)cccc3cc2-c2nc3ccccc3[nH]2)cc1. The topological polar surface area (TPSA) is 102 Å². The minimum absolute atomic E-state index is 0.188. The molecular weight excluding hydrogens is 420 g/mol. The van der Waals surface area contributed by atoms with E-state index in [1.165, 1.54) is 0 Å². The van der Waals surface area contributed by atoms with E-state index in [1.54, 1.807) is 44.6 Å². The van der Waals surface area contributed by atoms with Crippen molar-refractivity contribution in [3.63, 3.8) is 0 Å². The Morgan fingerprint density at radius 2 is 1.82 bits per heavy atom. The van der Waals surface area contributed by atoms with Crippen LogP contribution in [0, 0.1) is 0 Å². The van der Waals surface area contributed by atoms with Crippen LogP contribution in [0.25, 0.3) is 33.4 Å². The number of fused-ring (bicyclic) bond motifs is 2. The first-order chi connectivity index (χ1) is 16.2. The second-order valence-electron chi connectivity index (χ2n) is 7.23. The van der Waals surface area contributed by atoms with Crippen LogP contribution >= 0.6 is 0 Å². The summed E-state index contributed by atoms with van der Waals surface area (Å²) in [5, 5.41) is 5.09. The Hall–Kier alpha value is -4.59. The lowest BCUT2D eigenvalue weighted by atomic mass is 10.1. The number of hydrogen-bond acceptors (Lipinski definition) is 6. The highest BCUT2D eigenvalue weighted by molar-refractivity contribution is 5.94. The van der Waals surface area contributed by atoms with Gasteiger partial charge in [0.1, 0.15) is 11.6 Å². The summed E-state index contributed by atoms with van der Waals surface area (Å²) >= 11 is 0. The number of carbonyl (C=O) groups excluding carboxylic acids is 1. The van der Waals surface area contributed by atoms with Crippen LogP contribution in [-0.2, 0) is 0 Å². The summed E-state index contributed by atoms with van der Waals surface area (Å²) in [6, 6.07) is 21.9. The van der Waals surface area contributed by atoms with Crippen molar-refractivity contribution in [2.45, 2.75) is 0 Å². The molecule has 8 nitrogen and oxygen atoms in total. The molecule has 0 atom stereocenters. The molecule has 0 aliphatic carbocycles. The monoisotopic (exact) mass is 440 g/mol. The molecule has 2 aromatic heterocycles. The standard InChI is InChI=1S/C25H20N4O4/c1-31-17-12-10-15(11-13-17)24(30)28-29-25-18(23-26-19-7-3-4-8-20(19)27-23)14-16-6-5-9-21(32-2)22(16)33-25/h3-14H,1-2H3,(H,26,27)(H,28,30). The van der Waals surface area contributed by atoms with Gasteiger partial charge >= 0.3 is 0 Å². The van der Waals surface area contributed by atoms with E-state index in [1.807, 2.05) is 42.5 Å². The number of aromatic nitrogens is 2. The zero-order valence-corrected chi connectivity index (χ0v) is 18.0. The number of methoxy groups -OCH3 is 2. The number of para-hydroxylation sites is 3. The van der Waals surface area contributed by atoms with E-state index < -0.39 is 0 Å². The zero-order chi connectivity index (χ0) is 22.8. The van der Waals surface area contributed by atoms with Crippen molar-refractivity contribution in [2.24, 2.45) is 5.10 Å². The predicted octanol–water partition coefficient (Wildman–Crippen LogP) is 4.24. The number of carbonyl (C=O) groups is 1. The molecule has 0 saturated heterocycles. The Balaban J connectivity index is 1.63. The number of amides is 1. The summed E-state index contributed by atoms with van der Waals surface area (Å²) in [6.45, 7) is 0. The molecule has 2 N–H and O–H groups in total. The molecule has 0 bridgehead atoms. The highest BCUT2D eigenvalue weighted by Crippen LogP contribution is 2.27. The summed E-state index contributed by atoms with van der Waals surface area (Å²) in [5.41, 5.74) is 5.99. The van der Waals surface area contributed by atoms with Crippen molar-refractivity contribution < 1.29 is 18.7 Å². The van der Waals surface area contributed by atoms with E-state index in [2.05, 4.69) is 20.5 Å². The maximum absolute atomic E-state index is 12.7. The molecule has 3 aromatic carbocycles. The van der Waals surface area contributed by atoms with Crippen LogP contribution in [0.1, 0.15) is 10.4 Å². The number of nitrogens with zero attached hydrogens (tertiary/aromatic N) is 2. The molecule has 0 fully saturated rings. The highest BCUT2D eigenvalue weighted by atomic mass is 16.5. The van der Waals surface area contributed by atoms with Crippen LogP contribution in [-0.4, -0.2) is 30.1 Å². The van der Waals surface area contributed by atoms with Crippen molar-refractivity contribution in [3.8, 4) is 22.9 Å². The van der Waals surface area contributed by atoms with Crippen LogP contribution in [0.3, 0.4) is 0 Å². The molecule has 33 heavy (non-hydrogen) atoms. The molecule has 0 radical (unpaired) electrons.